The van der Waals surface area contributed by atoms with Crippen LogP contribution in [-0.2, 0) is 14.3 Å². The Morgan fingerprint density at radius 1 is 1.03 bits per heavy atom. The van der Waals surface area contributed by atoms with Crippen molar-refractivity contribution in [3.63, 3.8) is 0 Å². The zero-order valence-corrected chi connectivity index (χ0v) is 19.6. The fourth-order valence-corrected chi connectivity index (χ4v) is 6.36. The second-order valence-corrected chi connectivity index (χ2v) is 10.3. The van der Waals surface area contributed by atoms with E-state index in [1.54, 1.807) is 16.7 Å². The second-order valence-electron chi connectivity index (χ2n) is 9.19. The van der Waals surface area contributed by atoms with E-state index in [0.29, 0.717) is 25.1 Å². The number of rotatable bonds is 6. The van der Waals surface area contributed by atoms with Crippen LogP contribution in [0.2, 0.25) is 0 Å². The van der Waals surface area contributed by atoms with E-state index < -0.39 is 12.1 Å². The third kappa shape index (κ3) is 4.51. The van der Waals surface area contributed by atoms with E-state index in [4.69, 9.17) is 9.84 Å². The molecule has 1 saturated carbocycles. The topological polar surface area (TPSA) is 95.9 Å². The van der Waals surface area contributed by atoms with E-state index in [9.17, 15) is 14.4 Å². The molecule has 0 aromatic heterocycles. The Labute approximate surface area is 202 Å². The van der Waals surface area contributed by atoms with Gasteiger partial charge in [0, 0.05) is 35.9 Å². The van der Waals surface area contributed by atoms with Gasteiger partial charge in [0.05, 0.1) is 12.5 Å². The number of ether oxygens (including phenoxy) is 1. The van der Waals surface area contributed by atoms with Crippen molar-refractivity contribution in [1.29, 1.82) is 0 Å². The molecule has 0 spiro atoms. The average molecular weight is 481 g/mol. The summed E-state index contributed by atoms with van der Waals surface area (Å²) < 4.78 is 5.61. The number of amides is 2. The van der Waals surface area contributed by atoms with Crippen molar-refractivity contribution >= 4 is 29.7 Å². The smallest absolute Gasteiger partial charge is 0.407 e. The van der Waals surface area contributed by atoms with Gasteiger partial charge >= 0.3 is 12.1 Å². The van der Waals surface area contributed by atoms with Crippen LogP contribution in [0.4, 0.5) is 4.79 Å². The number of aliphatic carboxylic acids is 1. The van der Waals surface area contributed by atoms with Crippen LogP contribution in [0, 0.1) is 5.92 Å². The van der Waals surface area contributed by atoms with Crippen molar-refractivity contribution in [3.8, 4) is 11.1 Å². The van der Waals surface area contributed by atoms with Crippen molar-refractivity contribution in [2.24, 2.45) is 5.92 Å². The fourth-order valence-electron chi connectivity index (χ4n) is 5.29. The SMILES string of the molecule is O=C(O)CC1CSCCN1C(=O)C1CC(NC(=O)OCC2c3ccccc3-c3ccccc32)C1. The van der Waals surface area contributed by atoms with E-state index in [2.05, 4.69) is 29.6 Å². The average Bonchev–Trinajstić information content (AvgIpc) is 3.13. The van der Waals surface area contributed by atoms with E-state index in [-0.39, 0.29) is 42.9 Å². The Morgan fingerprint density at radius 3 is 2.32 bits per heavy atom. The van der Waals surface area contributed by atoms with Gasteiger partial charge in [0.15, 0.2) is 0 Å². The summed E-state index contributed by atoms with van der Waals surface area (Å²) in [5.74, 6) is 0.462. The number of fused-ring (bicyclic) bond motifs is 3. The van der Waals surface area contributed by atoms with Crippen LogP contribution in [0.3, 0.4) is 0 Å². The highest BCUT2D eigenvalue weighted by Gasteiger charge is 2.41. The number of hydrogen-bond donors (Lipinski definition) is 2. The Kier molecular flexibility index (Phi) is 6.50. The first-order valence-corrected chi connectivity index (χ1v) is 12.9. The van der Waals surface area contributed by atoms with Gasteiger partial charge in [0.25, 0.3) is 0 Å². The summed E-state index contributed by atoms with van der Waals surface area (Å²) in [7, 11) is 0. The van der Waals surface area contributed by atoms with Crippen molar-refractivity contribution in [3.05, 3.63) is 59.7 Å². The van der Waals surface area contributed by atoms with Crippen molar-refractivity contribution in [2.75, 3.05) is 24.7 Å². The number of alkyl carbamates (subject to hydrolysis) is 1. The molecule has 2 aliphatic carbocycles. The number of benzene rings is 2. The molecule has 1 unspecified atom stereocenters. The molecule has 0 bridgehead atoms. The molecule has 3 aliphatic rings. The van der Waals surface area contributed by atoms with Crippen LogP contribution in [0.5, 0.6) is 0 Å². The van der Waals surface area contributed by atoms with Crippen molar-refractivity contribution < 1.29 is 24.2 Å². The van der Waals surface area contributed by atoms with E-state index >= 15 is 0 Å². The molecule has 2 amide bonds. The van der Waals surface area contributed by atoms with Crippen LogP contribution in [-0.4, -0.2) is 64.7 Å². The summed E-state index contributed by atoms with van der Waals surface area (Å²) in [6.07, 6.45) is 0.641. The van der Waals surface area contributed by atoms with Gasteiger partial charge in [-0.25, -0.2) is 4.79 Å². The molecular formula is C26H28N2O5S. The fraction of sp³-hybridized carbons (Fsp3) is 0.423. The number of carboxylic acids is 1. The molecule has 34 heavy (non-hydrogen) atoms. The standard InChI is InChI=1S/C26H28N2O5S/c29-24(30)13-18-15-34-10-9-28(18)25(31)16-11-17(12-16)27-26(32)33-14-23-21-7-3-1-5-19(21)20-6-2-4-8-22(20)23/h1-8,16-18,23H,9-15H2,(H,27,32)(H,29,30). The van der Waals surface area contributed by atoms with Crippen LogP contribution in [0.15, 0.2) is 48.5 Å². The first kappa shape index (κ1) is 22.8. The van der Waals surface area contributed by atoms with Gasteiger partial charge in [-0.05, 0) is 35.1 Å². The highest BCUT2D eigenvalue weighted by molar-refractivity contribution is 7.99. The lowest BCUT2D eigenvalue weighted by Crippen LogP contribution is -2.55. The first-order chi connectivity index (χ1) is 16.5. The Balaban J connectivity index is 1.12. The molecule has 1 aliphatic heterocycles. The van der Waals surface area contributed by atoms with Crippen LogP contribution in [0.25, 0.3) is 11.1 Å². The molecule has 1 atom stereocenters. The summed E-state index contributed by atoms with van der Waals surface area (Å²) in [4.78, 5) is 38.3. The molecule has 2 aromatic carbocycles. The molecule has 1 saturated heterocycles. The van der Waals surface area contributed by atoms with Gasteiger partial charge in [0.2, 0.25) is 5.91 Å². The molecule has 2 N–H and O–H groups in total. The van der Waals surface area contributed by atoms with E-state index in [1.807, 2.05) is 24.3 Å². The lowest BCUT2D eigenvalue weighted by Gasteiger charge is -2.41. The lowest BCUT2D eigenvalue weighted by molar-refractivity contribution is -0.144. The number of carbonyl (C=O) groups excluding carboxylic acids is 2. The number of nitrogens with one attached hydrogen (secondary N) is 1. The predicted molar refractivity (Wildman–Crippen MR) is 130 cm³/mol. The monoisotopic (exact) mass is 480 g/mol. The third-order valence-electron chi connectivity index (χ3n) is 7.07. The summed E-state index contributed by atoms with van der Waals surface area (Å²) in [5, 5.41) is 12.0. The molecule has 7 nitrogen and oxygen atoms in total. The highest BCUT2D eigenvalue weighted by atomic mass is 32.2. The second kappa shape index (κ2) is 9.70. The van der Waals surface area contributed by atoms with Crippen LogP contribution in [0.1, 0.15) is 36.3 Å². The summed E-state index contributed by atoms with van der Waals surface area (Å²) in [6.45, 7) is 0.847. The Hall–Kier alpha value is -3.00. The number of carboxylic acid groups (broad SMARTS) is 1. The van der Waals surface area contributed by atoms with E-state index in [0.717, 1.165) is 5.75 Å². The van der Waals surface area contributed by atoms with Crippen LogP contribution >= 0.6 is 11.8 Å². The lowest BCUT2D eigenvalue weighted by atomic mass is 9.79. The normalized spacial score (nSPS) is 23.4. The molecule has 178 valence electrons. The predicted octanol–water partition coefficient (Wildman–Crippen LogP) is 3.72. The number of carbonyl (C=O) groups is 3. The van der Waals surface area contributed by atoms with Gasteiger partial charge in [-0.3, -0.25) is 9.59 Å². The number of thioether (sulfide) groups is 1. The zero-order valence-electron chi connectivity index (χ0n) is 18.8. The zero-order chi connectivity index (χ0) is 23.7. The van der Waals surface area contributed by atoms with Crippen LogP contribution < -0.4 is 5.32 Å². The molecule has 2 fully saturated rings. The third-order valence-corrected chi connectivity index (χ3v) is 8.17. The quantitative estimate of drug-likeness (QED) is 0.654. The molecule has 2 aromatic rings. The summed E-state index contributed by atoms with van der Waals surface area (Å²) in [5.41, 5.74) is 4.71. The van der Waals surface area contributed by atoms with Gasteiger partial charge in [0.1, 0.15) is 6.61 Å². The molecule has 1 heterocycles. The summed E-state index contributed by atoms with van der Waals surface area (Å²) in [6, 6.07) is 16.1. The maximum absolute atomic E-state index is 12.9. The Bertz CT molecular complexity index is 1050. The minimum Gasteiger partial charge on any atom is -0.481 e. The van der Waals surface area contributed by atoms with E-state index in [1.165, 1.54) is 22.3 Å². The molecular weight excluding hydrogens is 452 g/mol. The van der Waals surface area contributed by atoms with Gasteiger partial charge in [-0.15, -0.1) is 0 Å². The minimum absolute atomic E-state index is 0.0111. The Morgan fingerprint density at radius 2 is 1.68 bits per heavy atom. The largest absolute Gasteiger partial charge is 0.481 e. The first-order valence-electron chi connectivity index (χ1n) is 11.7. The minimum atomic E-state index is -0.881. The van der Waals surface area contributed by atoms with Crippen molar-refractivity contribution in [1.82, 2.24) is 10.2 Å². The number of hydrogen-bond acceptors (Lipinski definition) is 5. The summed E-state index contributed by atoms with van der Waals surface area (Å²) >= 11 is 1.69. The number of nitrogens with zero attached hydrogens (tertiary/aromatic N) is 1. The highest BCUT2D eigenvalue weighted by Crippen LogP contribution is 2.44. The van der Waals surface area contributed by atoms with Gasteiger partial charge in [-0.2, -0.15) is 11.8 Å². The molecule has 5 rings (SSSR count). The molecule has 8 heteroatoms. The van der Waals surface area contributed by atoms with Gasteiger partial charge in [-0.1, -0.05) is 48.5 Å². The maximum Gasteiger partial charge on any atom is 0.407 e. The molecule has 0 radical (unpaired) electrons. The maximum atomic E-state index is 12.9. The van der Waals surface area contributed by atoms with Gasteiger partial charge < -0.3 is 20.1 Å². The van der Waals surface area contributed by atoms with Crippen molar-refractivity contribution in [2.45, 2.75) is 37.3 Å².